The third-order valence-electron chi connectivity index (χ3n) is 3.93. The number of carbonyl (C=O) groups is 1. The minimum Gasteiger partial charge on any atom is -0.495 e. The van der Waals surface area contributed by atoms with E-state index >= 15 is 0 Å². The maximum Gasteiger partial charge on any atom is 0.196 e. The highest BCUT2D eigenvalue weighted by molar-refractivity contribution is 7.99. The maximum atomic E-state index is 12.3. The Bertz CT molecular complexity index is 1040. The van der Waals surface area contributed by atoms with Crippen molar-refractivity contribution in [3.63, 3.8) is 0 Å². The second kappa shape index (κ2) is 8.82. The predicted octanol–water partition coefficient (Wildman–Crippen LogP) is 3.85. The SMILES string of the molecule is COc1ccccc1-n1c(SCC(=O)C(C#N)C(C)=N)nnc1-c1cccs1. The van der Waals surface area contributed by atoms with E-state index in [1.165, 1.54) is 30.0 Å². The number of para-hydroxylation sites is 2. The summed E-state index contributed by atoms with van der Waals surface area (Å²) in [5.41, 5.74) is 0.798. The van der Waals surface area contributed by atoms with Crippen LogP contribution in [0.5, 0.6) is 5.75 Å². The summed E-state index contributed by atoms with van der Waals surface area (Å²) in [6.45, 7) is 1.46. The van der Waals surface area contributed by atoms with Gasteiger partial charge in [-0.1, -0.05) is 30.0 Å². The van der Waals surface area contributed by atoms with Gasteiger partial charge in [0.2, 0.25) is 0 Å². The van der Waals surface area contributed by atoms with Crippen molar-refractivity contribution in [2.75, 3.05) is 12.9 Å². The number of nitrogens with one attached hydrogen (secondary N) is 1. The van der Waals surface area contributed by atoms with E-state index in [4.69, 9.17) is 15.4 Å². The molecule has 0 aliphatic rings. The van der Waals surface area contributed by atoms with E-state index in [9.17, 15) is 4.79 Å². The number of nitriles is 1. The number of thioether (sulfide) groups is 1. The third-order valence-corrected chi connectivity index (χ3v) is 5.75. The molecule has 7 nitrogen and oxygen atoms in total. The van der Waals surface area contributed by atoms with Crippen LogP contribution in [-0.2, 0) is 4.79 Å². The lowest BCUT2D eigenvalue weighted by atomic mass is 10.0. The highest BCUT2D eigenvalue weighted by Gasteiger charge is 2.23. The van der Waals surface area contributed by atoms with Gasteiger partial charge in [0.1, 0.15) is 11.7 Å². The smallest absolute Gasteiger partial charge is 0.196 e. The van der Waals surface area contributed by atoms with Gasteiger partial charge in [0.05, 0.1) is 29.5 Å². The zero-order valence-corrected chi connectivity index (χ0v) is 16.9. The highest BCUT2D eigenvalue weighted by atomic mass is 32.2. The average Bonchev–Trinajstić information content (AvgIpc) is 3.36. The Labute approximate surface area is 170 Å². The summed E-state index contributed by atoms with van der Waals surface area (Å²) in [5, 5.41) is 27.8. The van der Waals surface area contributed by atoms with Crippen LogP contribution < -0.4 is 4.74 Å². The molecular weight excluding hydrogens is 394 g/mol. The number of thiophene rings is 1. The molecule has 1 N–H and O–H groups in total. The number of hydrogen-bond acceptors (Lipinski definition) is 8. The molecule has 2 aromatic heterocycles. The summed E-state index contributed by atoms with van der Waals surface area (Å²) < 4.78 is 7.34. The minimum absolute atomic E-state index is 0.0200. The van der Waals surface area contributed by atoms with Crippen LogP contribution in [0.25, 0.3) is 16.4 Å². The molecular formula is C19H17N5O2S2. The second-order valence-electron chi connectivity index (χ2n) is 5.79. The van der Waals surface area contributed by atoms with E-state index in [0.29, 0.717) is 16.7 Å². The number of ketones is 1. The number of ether oxygens (including phenoxy) is 1. The van der Waals surface area contributed by atoms with Crippen molar-refractivity contribution in [1.82, 2.24) is 14.8 Å². The molecule has 9 heteroatoms. The number of nitrogens with zero attached hydrogens (tertiary/aromatic N) is 4. The fourth-order valence-electron chi connectivity index (χ4n) is 2.59. The van der Waals surface area contributed by atoms with Gasteiger partial charge in [0.25, 0.3) is 0 Å². The van der Waals surface area contributed by atoms with E-state index < -0.39 is 5.92 Å². The molecule has 0 radical (unpaired) electrons. The lowest BCUT2D eigenvalue weighted by Crippen LogP contribution is -2.21. The fraction of sp³-hybridized carbons (Fsp3) is 0.211. The van der Waals surface area contributed by atoms with E-state index in [-0.39, 0.29) is 17.2 Å². The third kappa shape index (κ3) is 3.98. The first-order chi connectivity index (χ1) is 13.6. The Kier molecular flexibility index (Phi) is 6.23. The van der Waals surface area contributed by atoms with Crippen LogP contribution in [0.2, 0.25) is 0 Å². The quantitative estimate of drug-likeness (QED) is 0.446. The van der Waals surface area contributed by atoms with Crippen molar-refractivity contribution >= 4 is 34.6 Å². The number of hydrogen-bond donors (Lipinski definition) is 1. The predicted molar refractivity (Wildman–Crippen MR) is 109 cm³/mol. The van der Waals surface area contributed by atoms with Gasteiger partial charge in [-0.25, -0.2) is 0 Å². The Morgan fingerprint density at radius 2 is 2.14 bits per heavy atom. The molecule has 1 atom stereocenters. The molecule has 0 spiro atoms. The van der Waals surface area contributed by atoms with Gasteiger partial charge >= 0.3 is 0 Å². The molecule has 0 saturated heterocycles. The number of methoxy groups -OCH3 is 1. The number of rotatable bonds is 8. The van der Waals surface area contributed by atoms with Gasteiger partial charge in [-0.2, -0.15) is 5.26 Å². The average molecular weight is 412 g/mol. The topological polar surface area (TPSA) is 105 Å². The summed E-state index contributed by atoms with van der Waals surface area (Å²) >= 11 is 2.73. The zero-order valence-electron chi connectivity index (χ0n) is 15.2. The number of carbonyl (C=O) groups excluding carboxylic acids is 1. The van der Waals surface area contributed by atoms with Crippen LogP contribution in [0.1, 0.15) is 6.92 Å². The lowest BCUT2D eigenvalue weighted by Gasteiger charge is -2.13. The second-order valence-corrected chi connectivity index (χ2v) is 7.68. The molecule has 142 valence electrons. The van der Waals surface area contributed by atoms with E-state index in [1.807, 2.05) is 52.4 Å². The van der Waals surface area contributed by atoms with Crippen LogP contribution in [0.15, 0.2) is 46.9 Å². The Morgan fingerprint density at radius 3 is 2.79 bits per heavy atom. The molecule has 1 aromatic carbocycles. The number of Topliss-reactive ketones (excluding diaryl/α,β-unsaturated/α-hetero) is 1. The normalized spacial score (nSPS) is 11.6. The summed E-state index contributed by atoms with van der Waals surface area (Å²) in [6.07, 6.45) is 0. The van der Waals surface area contributed by atoms with Crippen molar-refractivity contribution < 1.29 is 9.53 Å². The molecule has 28 heavy (non-hydrogen) atoms. The molecule has 1 unspecified atom stereocenters. The monoisotopic (exact) mass is 411 g/mol. The molecule has 0 fully saturated rings. The van der Waals surface area contributed by atoms with Crippen molar-refractivity contribution in [3.05, 3.63) is 41.8 Å². The van der Waals surface area contributed by atoms with E-state index in [0.717, 1.165) is 10.6 Å². The van der Waals surface area contributed by atoms with Crippen molar-refractivity contribution in [3.8, 4) is 28.2 Å². The standard InChI is InChI=1S/C19H17N5O2S2/c1-12(21)13(10-20)15(25)11-28-19-23-22-18(17-8-5-9-27-17)24(19)14-6-3-4-7-16(14)26-2/h3-9,13,21H,11H2,1-2H3. The summed E-state index contributed by atoms with van der Waals surface area (Å²) in [6, 6.07) is 13.3. The Balaban J connectivity index is 2.00. The fourth-order valence-corrected chi connectivity index (χ4v) is 4.14. The molecule has 3 rings (SSSR count). The van der Waals surface area contributed by atoms with Crippen LogP contribution in [0.4, 0.5) is 0 Å². The molecule has 3 aromatic rings. The highest BCUT2D eigenvalue weighted by Crippen LogP contribution is 2.34. The van der Waals surface area contributed by atoms with E-state index in [2.05, 4.69) is 10.2 Å². The molecule has 0 amide bonds. The largest absolute Gasteiger partial charge is 0.495 e. The lowest BCUT2D eigenvalue weighted by molar-refractivity contribution is -0.117. The van der Waals surface area contributed by atoms with Gasteiger partial charge in [0.15, 0.2) is 16.8 Å². The molecule has 0 saturated carbocycles. The first-order valence-corrected chi connectivity index (χ1v) is 10.2. The maximum absolute atomic E-state index is 12.3. The molecule has 2 heterocycles. The Hall–Kier alpha value is -2.96. The van der Waals surface area contributed by atoms with Gasteiger partial charge < -0.3 is 10.1 Å². The summed E-state index contributed by atoms with van der Waals surface area (Å²) in [5.74, 6) is -0.0428. The number of aromatic nitrogens is 3. The summed E-state index contributed by atoms with van der Waals surface area (Å²) in [7, 11) is 1.59. The van der Waals surface area contributed by atoms with Gasteiger partial charge in [-0.3, -0.25) is 9.36 Å². The van der Waals surface area contributed by atoms with E-state index in [1.54, 1.807) is 7.11 Å². The van der Waals surface area contributed by atoms with Crippen molar-refractivity contribution in [2.24, 2.45) is 5.92 Å². The summed E-state index contributed by atoms with van der Waals surface area (Å²) in [4.78, 5) is 13.3. The van der Waals surface area contributed by atoms with Crippen LogP contribution in [-0.4, -0.2) is 39.1 Å². The van der Waals surface area contributed by atoms with Gasteiger partial charge in [-0.05, 0) is 30.5 Å². The van der Waals surface area contributed by atoms with Crippen LogP contribution >= 0.6 is 23.1 Å². The molecule has 0 aliphatic heterocycles. The first kappa shape index (κ1) is 19.8. The number of benzene rings is 1. The van der Waals surface area contributed by atoms with Gasteiger partial charge in [-0.15, -0.1) is 21.5 Å². The zero-order chi connectivity index (χ0) is 20.1. The first-order valence-electron chi connectivity index (χ1n) is 8.29. The Morgan fingerprint density at radius 1 is 1.36 bits per heavy atom. The molecule has 0 aliphatic carbocycles. The minimum atomic E-state index is -1.04. The van der Waals surface area contributed by atoms with Crippen molar-refractivity contribution in [2.45, 2.75) is 12.1 Å². The molecule has 0 bridgehead atoms. The van der Waals surface area contributed by atoms with Gasteiger partial charge in [0, 0.05) is 5.71 Å². The van der Waals surface area contributed by atoms with Crippen LogP contribution in [0, 0.1) is 22.7 Å². The van der Waals surface area contributed by atoms with Crippen LogP contribution in [0.3, 0.4) is 0 Å². The van der Waals surface area contributed by atoms with Crippen molar-refractivity contribution in [1.29, 1.82) is 10.7 Å².